The lowest BCUT2D eigenvalue weighted by atomic mass is 9.95. The minimum atomic E-state index is -0.471. The van der Waals surface area contributed by atoms with Crippen molar-refractivity contribution in [3.63, 3.8) is 0 Å². The second kappa shape index (κ2) is 7.86. The molecule has 0 radical (unpaired) electrons. The number of halogens is 1. The lowest BCUT2D eigenvalue weighted by Gasteiger charge is -2.34. The maximum absolute atomic E-state index is 13.0. The Labute approximate surface area is 161 Å². The van der Waals surface area contributed by atoms with Crippen LogP contribution in [0.4, 0.5) is 10.3 Å². The van der Waals surface area contributed by atoms with Crippen LogP contribution in [0.2, 0.25) is 0 Å². The molecule has 8 nitrogen and oxygen atoms in total. The number of nitrogens with zero attached hydrogens (tertiary/aromatic N) is 6. The molecule has 0 bridgehead atoms. The van der Waals surface area contributed by atoms with Crippen LogP contribution in [-0.4, -0.2) is 45.6 Å². The molecule has 0 unspecified atom stereocenters. The van der Waals surface area contributed by atoms with Gasteiger partial charge in [0, 0.05) is 37.8 Å². The molecule has 2 aliphatic rings. The fraction of sp³-hybridized carbons (Fsp3) is 0.421. The first-order valence-electron chi connectivity index (χ1n) is 9.19. The van der Waals surface area contributed by atoms with Crippen molar-refractivity contribution in [3.05, 3.63) is 47.8 Å². The highest BCUT2D eigenvalue weighted by Gasteiger charge is 2.37. The summed E-state index contributed by atoms with van der Waals surface area (Å²) in [6.45, 7) is 1.69. The third-order valence-corrected chi connectivity index (χ3v) is 5.13. The zero-order valence-electron chi connectivity index (χ0n) is 15.2. The number of aromatic nitrogens is 3. The van der Waals surface area contributed by atoms with Crippen molar-refractivity contribution in [2.75, 3.05) is 24.6 Å². The summed E-state index contributed by atoms with van der Waals surface area (Å²) in [4.78, 5) is 32.7. The highest BCUT2D eigenvalue weighted by atomic mass is 19.1. The Morgan fingerprint density at radius 2 is 1.93 bits per heavy atom. The van der Waals surface area contributed by atoms with Gasteiger partial charge in [-0.05, 0) is 24.5 Å². The smallest absolute Gasteiger partial charge is 0.249 e. The first kappa shape index (κ1) is 18.3. The number of carbonyl (C=O) groups is 1. The van der Waals surface area contributed by atoms with Crippen LogP contribution in [0.25, 0.3) is 0 Å². The number of amides is 1. The van der Waals surface area contributed by atoms with Gasteiger partial charge in [0.2, 0.25) is 11.9 Å². The summed E-state index contributed by atoms with van der Waals surface area (Å²) in [5, 5.41) is 10.5. The van der Waals surface area contributed by atoms with E-state index in [0.29, 0.717) is 50.5 Å². The monoisotopic (exact) mass is 382 g/mol. The SMILES string of the molecule is N#Cc1cncc([C@@H]2CCON2C(=O)C2CCN(c3ncc(F)cn3)CC2)c1. The minimum Gasteiger partial charge on any atom is -0.341 e. The fourth-order valence-corrected chi connectivity index (χ4v) is 3.67. The average molecular weight is 382 g/mol. The van der Waals surface area contributed by atoms with Gasteiger partial charge in [0.1, 0.15) is 6.07 Å². The molecule has 2 aliphatic heterocycles. The van der Waals surface area contributed by atoms with E-state index in [2.05, 4.69) is 21.0 Å². The average Bonchev–Trinajstić information content (AvgIpc) is 3.24. The Balaban J connectivity index is 1.41. The van der Waals surface area contributed by atoms with E-state index in [0.717, 1.165) is 18.0 Å². The molecular weight excluding hydrogens is 363 g/mol. The first-order valence-corrected chi connectivity index (χ1v) is 9.19. The molecule has 28 heavy (non-hydrogen) atoms. The van der Waals surface area contributed by atoms with Gasteiger partial charge in [0.25, 0.3) is 0 Å². The molecule has 1 atom stereocenters. The number of anilines is 1. The Morgan fingerprint density at radius 1 is 1.18 bits per heavy atom. The predicted molar refractivity (Wildman–Crippen MR) is 96.0 cm³/mol. The summed E-state index contributed by atoms with van der Waals surface area (Å²) < 4.78 is 13.0. The Morgan fingerprint density at radius 3 is 2.64 bits per heavy atom. The van der Waals surface area contributed by atoms with Gasteiger partial charge in [-0.25, -0.2) is 19.4 Å². The molecule has 0 saturated carbocycles. The molecule has 4 heterocycles. The van der Waals surface area contributed by atoms with E-state index >= 15 is 0 Å². The quantitative estimate of drug-likeness (QED) is 0.801. The van der Waals surface area contributed by atoms with Crippen LogP contribution < -0.4 is 4.90 Å². The molecule has 0 N–H and O–H groups in total. The number of hydrogen-bond donors (Lipinski definition) is 0. The van der Waals surface area contributed by atoms with E-state index in [1.807, 2.05) is 4.90 Å². The van der Waals surface area contributed by atoms with Gasteiger partial charge in [0.15, 0.2) is 5.82 Å². The zero-order valence-corrected chi connectivity index (χ0v) is 15.2. The summed E-state index contributed by atoms with van der Waals surface area (Å²) in [5.41, 5.74) is 1.27. The third kappa shape index (κ3) is 3.64. The second-order valence-electron chi connectivity index (χ2n) is 6.88. The Bertz CT molecular complexity index is 892. The lowest BCUT2D eigenvalue weighted by Crippen LogP contribution is -2.42. The highest BCUT2D eigenvalue weighted by molar-refractivity contribution is 5.79. The number of pyridine rings is 1. The van der Waals surface area contributed by atoms with E-state index in [-0.39, 0.29) is 17.9 Å². The van der Waals surface area contributed by atoms with Gasteiger partial charge in [-0.1, -0.05) is 0 Å². The summed E-state index contributed by atoms with van der Waals surface area (Å²) in [6.07, 6.45) is 7.42. The summed E-state index contributed by atoms with van der Waals surface area (Å²) in [7, 11) is 0. The molecule has 1 amide bonds. The van der Waals surface area contributed by atoms with Gasteiger partial charge in [-0.15, -0.1) is 0 Å². The first-order chi connectivity index (χ1) is 13.7. The van der Waals surface area contributed by atoms with Crippen molar-refractivity contribution in [3.8, 4) is 6.07 Å². The van der Waals surface area contributed by atoms with Crippen LogP contribution in [0.5, 0.6) is 0 Å². The Kier molecular flexibility index (Phi) is 5.12. The third-order valence-electron chi connectivity index (χ3n) is 5.13. The number of carbonyl (C=O) groups excluding carboxylic acids is 1. The molecule has 144 valence electrons. The second-order valence-corrected chi connectivity index (χ2v) is 6.88. The van der Waals surface area contributed by atoms with E-state index in [4.69, 9.17) is 10.1 Å². The number of nitriles is 1. The van der Waals surface area contributed by atoms with Crippen LogP contribution in [-0.2, 0) is 9.63 Å². The van der Waals surface area contributed by atoms with Crippen molar-refractivity contribution >= 4 is 11.9 Å². The van der Waals surface area contributed by atoms with E-state index in [9.17, 15) is 9.18 Å². The molecule has 0 aliphatic carbocycles. The number of piperidine rings is 1. The molecular formula is C19H19FN6O2. The molecule has 2 aromatic rings. The molecule has 0 aromatic carbocycles. The zero-order chi connectivity index (χ0) is 19.5. The van der Waals surface area contributed by atoms with Crippen molar-refractivity contribution < 1.29 is 14.0 Å². The lowest BCUT2D eigenvalue weighted by molar-refractivity contribution is -0.182. The van der Waals surface area contributed by atoms with Crippen LogP contribution >= 0.6 is 0 Å². The molecule has 9 heteroatoms. The van der Waals surface area contributed by atoms with Crippen molar-refractivity contribution in [1.82, 2.24) is 20.0 Å². The van der Waals surface area contributed by atoms with Crippen LogP contribution in [0, 0.1) is 23.1 Å². The van der Waals surface area contributed by atoms with Crippen molar-refractivity contribution in [2.45, 2.75) is 25.3 Å². The largest absolute Gasteiger partial charge is 0.341 e. The molecule has 2 fully saturated rings. The normalized spacial score (nSPS) is 20.2. The van der Waals surface area contributed by atoms with Crippen LogP contribution in [0.3, 0.4) is 0 Å². The van der Waals surface area contributed by atoms with Crippen LogP contribution in [0.15, 0.2) is 30.9 Å². The molecule has 4 rings (SSSR count). The summed E-state index contributed by atoms with van der Waals surface area (Å²) in [6, 6.07) is 3.60. The minimum absolute atomic E-state index is 0.0514. The number of rotatable bonds is 3. The van der Waals surface area contributed by atoms with Gasteiger partial charge >= 0.3 is 0 Å². The van der Waals surface area contributed by atoms with Crippen molar-refractivity contribution in [2.24, 2.45) is 5.92 Å². The van der Waals surface area contributed by atoms with Gasteiger partial charge < -0.3 is 4.90 Å². The topological polar surface area (TPSA) is 95.2 Å². The standard InChI is InChI=1S/C19H19FN6O2/c20-16-11-23-19(24-12-16)25-4-1-14(2-5-25)18(27)26-17(3-6-28-26)15-7-13(8-21)9-22-10-15/h7,9-12,14,17H,1-6H2/t17-/m0/s1. The van der Waals surface area contributed by atoms with Gasteiger partial charge in [-0.2, -0.15) is 5.26 Å². The van der Waals surface area contributed by atoms with E-state index < -0.39 is 5.82 Å². The predicted octanol–water partition coefficient (Wildman–Crippen LogP) is 2.00. The summed E-state index contributed by atoms with van der Waals surface area (Å²) >= 11 is 0. The molecule has 2 aromatic heterocycles. The molecule has 2 saturated heterocycles. The summed E-state index contributed by atoms with van der Waals surface area (Å²) in [5.74, 6) is -0.211. The van der Waals surface area contributed by atoms with Gasteiger partial charge in [0.05, 0.1) is 30.6 Å². The fourth-order valence-electron chi connectivity index (χ4n) is 3.67. The maximum atomic E-state index is 13.0. The highest BCUT2D eigenvalue weighted by Crippen LogP contribution is 2.33. The van der Waals surface area contributed by atoms with Crippen LogP contribution in [0.1, 0.15) is 36.4 Å². The Hall–Kier alpha value is -3.12. The number of hydroxylamine groups is 2. The van der Waals surface area contributed by atoms with E-state index in [1.165, 1.54) is 11.3 Å². The maximum Gasteiger partial charge on any atom is 0.249 e. The molecule has 0 spiro atoms. The number of hydrogen-bond acceptors (Lipinski definition) is 7. The van der Waals surface area contributed by atoms with E-state index in [1.54, 1.807) is 12.3 Å². The van der Waals surface area contributed by atoms with Crippen molar-refractivity contribution in [1.29, 1.82) is 5.26 Å². The van der Waals surface area contributed by atoms with Gasteiger partial charge in [-0.3, -0.25) is 14.6 Å².